The fourth-order valence-electron chi connectivity index (χ4n) is 13.9. The van der Waals surface area contributed by atoms with Crippen molar-refractivity contribution in [3.63, 3.8) is 0 Å². The van der Waals surface area contributed by atoms with Crippen molar-refractivity contribution in [2.45, 2.75) is 142 Å². The first-order chi connectivity index (χ1) is 25.0. The van der Waals surface area contributed by atoms with E-state index in [9.17, 15) is 14.4 Å². The van der Waals surface area contributed by atoms with Crippen LogP contribution in [0, 0.1) is 45.8 Å². The lowest BCUT2D eigenvalue weighted by molar-refractivity contribution is -0.148. The number of ether oxygens (including phenoxy) is 1. The number of likely N-dealkylation sites (tertiary alicyclic amines) is 1. The summed E-state index contributed by atoms with van der Waals surface area (Å²) < 4.78 is 7.52. The van der Waals surface area contributed by atoms with Crippen LogP contribution in [0.1, 0.15) is 123 Å². The predicted molar refractivity (Wildman–Crippen MR) is 204 cm³/mol. The van der Waals surface area contributed by atoms with Crippen molar-refractivity contribution in [2.24, 2.45) is 45.8 Å². The molecule has 2 aliphatic heterocycles. The van der Waals surface area contributed by atoms with Gasteiger partial charge in [0.05, 0.1) is 11.7 Å². The van der Waals surface area contributed by atoms with Gasteiger partial charge >= 0.3 is 0 Å². The third-order valence-electron chi connectivity index (χ3n) is 16.5. The fraction of sp³-hybridized carbons (Fsp3) is 0.756. The number of unbranched alkanes of at least 4 members (excludes halogenated alkanes) is 2. The maximum Gasteiger partial charge on any atom is 0.220 e. The topological polar surface area (TPSA) is 87.7 Å². The highest BCUT2D eigenvalue weighted by Gasteiger charge is 2.84. The molecule has 2 saturated heterocycles. The second-order valence-electron chi connectivity index (χ2n) is 19.0. The molecule has 1 aromatic carbocycles. The van der Waals surface area contributed by atoms with E-state index < -0.39 is 0 Å². The number of amides is 2. The van der Waals surface area contributed by atoms with Crippen LogP contribution < -0.4 is 10.6 Å². The quantitative estimate of drug-likeness (QED) is 0.221. The van der Waals surface area contributed by atoms with Gasteiger partial charge in [-0.2, -0.15) is 0 Å². The fourth-order valence-corrected chi connectivity index (χ4v) is 13.9. The summed E-state index contributed by atoms with van der Waals surface area (Å²) in [6, 6.07) is 10.5. The number of rotatable bonds is 12. The minimum absolute atomic E-state index is 0.0542. The summed E-state index contributed by atoms with van der Waals surface area (Å²) in [5.41, 5.74) is 3.46. The van der Waals surface area contributed by atoms with Gasteiger partial charge < -0.3 is 15.4 Å². The smallest absolute Gasteiger partial charge is 0.220 e. The van der Waals surface area contributed by atoms with Crippen molar-refractivity contribution in [3.05, 3.63) is 47.5 Å². The summed E-state index contributed by atoms with van der Waals surface area (Å²) in [6.45, 7) is 13.4. The molecule has 0 aromatic heterocycles. The Bertz CT molecular complexity index is 1560. The largest absolute Gasteiger partial charge is 0.369 e. The van der Waals surface area contributed by atoms with E-state index in [1.54, 1.807) is 0 Å². The van der Waals surface area contributed by atoms with Gasteiger partial charge in [-0.05, 0) is 117 Å². The molecule has 8 rings (SSSR count). The Morgan fingerprint density at radius 3 is 2.54 bits per heavy atom. The summed E-state index contributed by atoms with van der Waals surface area (Å²) in [7, 11) is 0. The van der Waals surface area contributed by atoms with E-state index in [4.69, 9.17) is 4.74 Å². The number of carbonyl (C=O) groups excluding carboxylic acids is 3. The van der Waals surface area contributed by atoms with Crippen LogP contribution in [0.25, 0.3) is 0 Å². The van der Waals surface area contributed by atoms with Crippen LogP contribution in [-0.2, 0) is 25.5 Å². The molecule has 2 N–H and O–H groups in total. The normalized spacial score (nSPS) is 41.7. The Morgan fingerprint density at radius 2 is 1.71 bits per heavy atom. The number of carbonyl (C=O) groups is 3. The Morgan fingerprint density at radius 1 is 0.923 bits per heavy atom. The highest BCUT2D eigenvalue weighted by atomic mass is 16.5. The molecule has 7 aliphatic rings. The van der Waals surface area contributed by atoms with Gasteiger partial charge in [-0.3, -0.25) is 19.3 Å². The number of benzene rings is 1. The van der Waals surface area contributed by atoms with Crippen molar-refractivity contribution >= 4 is 17.6 Å². The number of piperidine rings is 1. The number of hydrogen-bond donors (Lipinski definition) is 2. The molecule has 6 fully saturated rings. The number of aryl methyl sites for hydroxylation is 1. The van der Waals surface area contributed by atoms with E-state index in [1.165, 1.54) is 43.2 Å². The summed E-state index contributed by atoms with van der Waals surface area (Å²) in [4.78, 5) is 40.1. The van der Waals surface area contributed by atoms with E-state index >= 15 is 0 Å². The predicted octanol–water partition coefficient (Wildman–Crippen LogP) is 7.43. The zero-order valence-electron chi connectivity index (χ0n) is 32.5. The Kier molecular flexibility index (Phi) is 9.79. The zero-order valence-corrected chi connectivity index (χ0v) is 32.5. The molecule has 7 nitrogen and oxygen atoms in total. The van der Waals surface area contributed by atoms with E-state index in [2.05, 4.69) is 61.4 Å². The molecule has 52 heavy (non-hydrogen) atoms. The van der Waals surface area contributed by atoms with Crippen LogP contribution >= 0.6 is 0 Å². The van der Waals surface area contributed by atoms with E-state index in [0.29, 0.717) is 55.0 Å². The summed E-state index contributed by atoms with van der Waals surface area (Å²) in [5, 5.41) is 6.28. The van der Waals surface area contributed by atoms with Crippen LogP contribution in [0.3, 0.4) is 0 Å². The van der Waals surface area contributed by atoms with Crippen molar-refractivity contribution in [2.75, 3.05) is 26.2 Å². The monoisotopic (exact) mass is 711 g/mol. The Balaban J connectivity index is 0.816. The first-order valence-electron chi connectivity index (χ1n) is 21.2. The Hall–Kier alpha value is -2.51. The molecule has 2 spiro atoms. The van der Waals surface area contributed by atoms with Gasteiger partial charge in [0.15, 0.2) is 5.78 Å². The van der Waals surface area contributed by atoms with E-state index in [0.717, 1.165) is 82.2 Å². The van der Waals surface area contributed by atoms with Gasteiger partial charge in [-0.15, -0.1) is 0 Å². The van der Waals surface area contributed by atoms with E-state index in [-0.39, 0.29) is 34.3 Å². The minimum Gasteiger partial charge on any atom is -0.369 e. The summed E-state index contributed by atoms with van der Waals surface area (Å²) >= 11 is 0. The molecule has 0 radical (unpaired) electrons. The van der Waals surface area contributed by atoms with Crippen LogP contribution in [0.2, 0.25) is 0 Å². The number of nitrogens with zero attached hydrogens (tertiary/aromatic N) is 1. The second kappa shape index (κ2) is 14.0. The van der Waals surface area contributed by atoms with Gasteiger partial charge in [-0.25, -0.2) is 0 Å². The van der Waals surface area contributed by atoms with Crippen LogP contribution in [0.15, 0.2) is 42.0 Å². The number of fused-ring (bicyclic) bond motifs is 6. The SMILES string of the molecule is C[C@H]1C[C@H]2OC3(CC[C@H]4[C@@H]5CCC6=CC(=O)CC[C@]6(C)[C@H]5CC45CC53C)[C@H](C)[C@@H]2N(CCNC(=O)CCCCCNC(=O)CCc2ccccc2)C1. The standard InChI is InChI=1S/C45H65N3O4/c1-30-25-38-41(48(28-30)24-23-47-39(50)13-9-6-10-22-46-40(51)17-14-32-11-7-5-8-12-32)31(2)45(52-38)21-19-36-35-16-15-33-26-34(49)18-20-42(33,3)37(35)27-44(36)29-43(44,45)4/h5,7-8,11-12,26,30-31,35-38,41H,6,9-10,13-25,27-29H2,1-4H3,(H,46,51)(H,47,50)/t30-,31+,35-,36-,37-,38+,41-,42-,43?,44?,45?/m0/s1. The highest BCUT2D eigenvalue weighted by Crippen LogP contribution is 2.87. The van der Waals surface area contributed by atoms with Crippen LogP contribution in [0.5, 0.6) is 0 Å². The number of nitrogens with one attached hydrogen (secondary N) is 2. The van der Waals surface area contributed by atoms with Gasteiger partial charge in [0.1, 0.15) is 0 Å². The average molecular weight is 712 g/mol. The summed E-state index contributed by atoms with van der Waals surface area (Å²) in [5.74, 6) is 4.01. The summed E-state index contributed by atoms with van der Waals surface area (Å²) in [6.07, 6.45) is 17.4. The first-order valence-corrected chi connectivity index (χ1v) is 21.2. The lowest BCUT2D eigenvalue weighted by Crippen LogP contribution is -2.55. The lowest BCUT2D eigenvalue weighted by Gasteiger charge is -2.50. The average Bonchev–Trinajstić information content (AvgIpc) is 3.47. The number of hydrogen-bond acceptors (Lipinski definition) is 5. The molecule has 4 saturated carbocycles. The van der Waals surface area contributed by atoms with Crippen molar-refractivity contribution < 1.29 is 19.1 Å². The molecular formula is C45H65N3O4. The maximum absolute atomic E-state index is 12.8. The lowest BCUT2D eigenvalue weighted by atomic mass is 9.56. The molecular weight excluding hydrogens is 647 g/mol. The maximum atomic E-state index is 12.8. The van der Waals surface area contributed by atoms with Gasteiger partial charge in [0.2, 0.25) is 11.8 Å². The number of allylic oxidation sites excluding steroid dienone is 2. The van der Waals surface area contributed by atoms with Gasteiger partial charge in [-0.1, -0.05) is 70.0 Å². The molecule has 5 aliphatic carbocycles. The van der Waals surface area contributed by atoms with Crippen LogP contribution in [-0.4, -0.2) is 66.4 Å². The zero-order chi connectivity index (χ0) is 36.3. The molecule has 11 atom stereocenters. The van der Waals surface area contributed by atoms with Crippen LogP contribution in [0.4, 0.5) is 0 Å². The van der Waals surface area contributed by atoms with Crippen molar-refractivity contribution in [1.29, 1.82) is 0 Å². The molecule has 2 amide bonds. The Labute approximate surface area is 312 Å². The third-order valence-corrected chi connectivity index (χ3v) is 16.5. The molecule has 284 valence electrons. The van der Waals surface area contributed by atoms with Gasteiger partial charge in [0.25, 0.3) is 0 Å². The van der Waals surface area contributed by atoms with Gasteiger partial charge in [0, 0.05) is 62.8 Å². The third kappa shape index (κ3) is 6.03. The molecule has 3 unspecified atom stereocenters. The van der Waals surface area contributed by atoms with Crippen molar-refractivity contribution in [1.82, 2.24) is 15.5 Å². The number of ketones is 1. The first kappa shape index (κ1) is 36.5. The molecule has 1 aromatic rings. The molecule has 2 heterocycles. The van der Waals surface area contributed by atoms with Crippen molar-refractivity contribution in [3.8, 4) is 0 Å². The molecule has 7 heteroatoms. The molecule has 0 bridgehead atoms. The highest BCUT2D eigenvalue weighted by molar-refractivity contribution is 5.91. The second-order valence-corrected chi connectivity index (χ2v) is 19.0. The minimum atomic E-state index is -0.0542. The van der Waals surface area contributed by atoms with E-state index in [1.807, 2.05) is 18.2 Å².